The molecule has 0 radical (unpaired) electrons. The summed E-state index contributed by atoms with van der Waals surface area (Å²) in [5.74, 6) is 1.55. The second kappa shape index (κ2) is 13.9. The third kappa shape index (κ3) is 6.34. The van der Waals surface area contributed by atoms with Crippen LogP contribution in [0.2, 0.25) is 0 Å². The molecule has 2 N–H and O–H groups in total. The Morgan fingerprint density at radius 1 is 0.830 bits per heavy atom. The van der Waals surface area contributed by atoms with Gasteiger partial charge < -0.3 is 10.2 Å². The second-order valence-corrected chi connectivity index (χ2v) is 17.4. The first-order valence-electron chi connectivity index (χ1n) is 15.3. The largest absolute Gasteiger partial charge is 0.443 e. The topological polar surface area (TPSA) is 125 Å². The molecule has 6 heterocycles. The molecule has 240 valence electrons. The summed E-state index contributed by atoms with van der Waals surface area (Å²) in [5, 5.41) is 2.82. The van der Waals surface area contributed by atoms with Gasteiger partial charge in [-0.15, -0.1) is 22.7 Å². The van der Waals surface area contributed by atoms with Gasteiger partial charge >= 0.3 is 0 Å². The van der Waals surface area contributed by atoms with E-state index in [0.717, 1.165) is 74.2 Å². The summed E-state index contributed by atoms with van der Waals surface area (Å²) in [7, 11) is -2.38. The van der Waals surface area contributed by atoms with E-state index in [1.165, 1.54) is 28.9 Å². The maximum absolute atomic E-state index is 13.2. The van der Waals surface area contributed by atoms with Gasteiger partial charge in [0.05, 0.1) is 44.1 Å². The molecule has 0 amide bonds. The molecule has 1 aromatic carbocycles. The molecule has 47 heavy (non-hydrogen) atoms. The van der Waals surface area contributed by atoms with E-state index in [1.54, 1.807) is 17.5 Å². The van der Waals surface area contributed by atoms with Crippen molar-refractivity contribution in [1.29, 1.82) is 0 Å². The minimum atomic E-state index is -1.21. The lowest BCUT2D eigenvalue weighted by atomic mass is 9.98. The van der Waals surface area contributed by atoms with Crippen molar-refractivity contribution in [3.8, 4) is 44.4 Å². The highest BCUT2D eigenvalue weighted by Gasteiger charge is 2.23. The molecular formula is C34H31N5O3S5. The maximum atomic E-state index is 13.2. The first-order valence-corrected chi connectivity index (χ1v) is 20.5. The molecule has 2 atom stereocenters. The Labute approximate surface area is 289 Å². The van der Waals surface area contributed by atoms with Crippen LogP contribution in [0.5, 0.6) is 0 Å². The lowest BCUT2D eigenvalue weighted by Crippen LogP contribution is -1.99. The summed E-state index contributed by atoms with van der Waals surface area (Å²) in [6, 6.07) is 16.3. The summed E-state index contributed by atoms with van der Waals surface area (Å²) in [5.41, 5.74) is 13.1. The van der Waals surface area contributed by atoms with Crippen LogP contribution in [0.3, 0.4) is 0 Å². The minimum Gasteiger partial charge on any atom is -0.443 e. The van der Waals surface area contributed by atoms with Crippen LogP contribution in [0.4, 0.5) is 5.69 Å². The van der Waals surface area contributed by atoms with Crippen molar-refractivity contribution in [3.63, 3.8) is 0 Å². The molecule has 8 nitrogen and oxygen atoms in total. The van der Waals surface area contributed by atoms with Gasteiger partial charge in [-0.2, -0.15) is 0 Å². The van der Waals surface area contributed by atoms with E-state index in [0.29, 0.717) is 42.2 Å². The van der Waals surface area contributed by atoms with E-state index in [1.807, 2.05) is 17.5 Å². The number of nitrogen functional groups attached to an aromatic ring is 1. The van der Waals surface area contributed by atoms with Crippen LogP contribution in [-0.2, 0) is 21.6 Å². The van der Waals surface area contributed by atoms with Crippen molar-refractivity contribution in [2.75, 3.05) is 17.2 Å². The number of nitrogens with zero attached hydrogens (tertiary/aromatic N) is 4. The normalized spacial score (nSPS) is 13.1. The molecule has 6 aromatic heterocycles. The average molecular weight is 718 g/mol. The monoisotopic (exact) mass is 717 g/mol. The lowest BCUT2D eigenvalue weighted by molar-refractivity contribution is 0.572. The van der Waals surface area contributed by atoms with E-state index in [2.05, 4.69) is 55.2 Å². The SMILES string of the molecule is CCCCS(=O)c1nc2c(-c3ccc(-c4cc(-c5ncco5)nc5sc(S(=O)CCCC)c(N)c45)cc3)cc(-c3cccs3)nc2s1. The van der Waals surface area contributed by atoms with Gasteiger partial charge in [-0.1, -0.05) is 68.4 Å². The fourth-order valence-corrected chi connectivity index (χ4v) is 11.2. The van der Waals surface area contributed by atoms with Gasteiger partial charge in [0.2, 0.25) is 5.89 Å². The number of aromatic nitrogens is 4. The van der Waals surface area contributed by atoms with Gasteiger partial charge in [-0.25, -0.2) is 19.9 Å². The highest BCUT2D eigenvalue weighted by atomic mass is 32.2. The van der Waals surface area contributed by atoms with Crippen molar-refractivity contribution >= 4 is 81.9 Å². The van der Waals surface area contributed by atoms with Gasteiger partial charge in [-0.05, 0) is 53.1 Å². The zero-order chi connectivity index (χ0) is 32.5. The Kier molecular flexibility index (Phi) is 9.42. The molecule has 0 spiro atoms. The van der Waals surface area contributed by atoms with Crippen molar-refractivity contribution in [2.24, 2.45) is 0 Å². The van der Waals surface area contributed by atoms with Gasteiger partial charge in [0.25, 0.3) is 0 Å². The number of fused-ring (bicyclic) bond motifs is 2. The molecule has 7 aromatic rings. The highest BCUT2D eigenvalue weighted by molar-refractivity contribution is 7.87. The van der Waals surface area contributed by atoms with E-state index in [-0.39, 0.29) is 0 Å². The standard InChI is InChI=1S/C34H31N5O3S5/c1-3-5-16-46(40)33-28(35)27-22(18-25(38-31(27)44-33)30-36-13-14-42-30)20-9-11-21(12-10-20)23-19-24(26-8-7-15-43-26)37-32-29(23)39-34(45-32)47(41)17-6-4-2/h7-15,18-19H,3-6,16-17,35H2,1-2H3. The quantitative estimate of drug-likeness (QED) is 0.133. The first kappa shape index (κ1) is 32.0. The average Bonchev–Trinajstić information content (AvgIpc) is 3.92. The second-order valence-electron chi connectivity index (χ2n) is 10.9. The van der Waals surface area contributed by atoms with Crippen LogP contribution >= 0.6 is 34.0 Å². The number of benzene rings is 1. The van der Waals surface area contributed by atoms with Crippen LogP contribution in [0, 0.1) is 0 Å². The highest BCUT2D eigenvalue weighted by Crippen LogP contribution is 2.43. The first-order chi connectivity index (χ1) is 22.9. The molecule has 2 unspecified atom stereocenters. The van der Waals surface area contributed by atoms with Crippen molar-refractivity contribution in [1.82, 2.24) is 19.9 Å². The number of hydrogen-bond donors (Lipinski definition) is 1. The van der Waals surface area contributed by atoms with E-state index >= 15 is 0 Å². The van der Waals surface area contributed by atoms with E-state index < -0.39 is 21.6 Å². The Hall–Kier alpha value is -3.62. The van der Waals surface area contributed by atoms with Crippen LogP contribution < -0.4 is 5.73 Å². The van der Waals surface area contributed by atoms with Crippen LogP contribution in [0.1, 0.15) is 39.5 Å². The fourth-order valence-electron chi connectivity index (χ4n) is 5.28. The predicted molar refractivity (Wildman–Crippen MR) is 197 cm³/mol. The predicted octanol–water partition coefficient (Wildman–Crippen LogP) is 9.42. The zero-order valence-corrected chi connectivity index (χ0v) is 29.8. The number of anilines is 1. The Balaban J connectivity index is 1.35. The summed E-state index contributed by atoms with van der Waals surface area (Å²) < 4.78 is 33.2. The molecule has 0 saturated heterocycles. The third-order valence-electron chi connectivity index (χ3n) is 7.71. The number of nitrogens with two attached hydrogens (primary N) is 1. The lowest BCUT2D eigenvalue weighted by Gasteiger charge is -2.10. The molecule has 0 saturated carbocycles. The fraction of sp³-hybridized carbons (Fsp3) is 0.235. The molecule has 0 fully saturated rings. The molecule has 0 bridgehead atoms. The molecule has 0 aliphatic rings. The number of hydrogen-bond acceptors (Lipinski definition) is 11. The summed E-state index contributed by atoms with van der Waals surface area (Å²) in [6.45, 7) is 4.18. The maximum Gasteiger partial charge on any atom is 0.245 e. The van der Waals surface area contributed by atoms with Gasteiger partial charge in [0, 0.05) is 22.5 Å². The number of unbranched alkanes of at least 4 members (excludes halogenated alkanes) is 2. The number of thiophene rings is 2. The van der Waals surface area contributed by atoms with Gasteiger partial charge in [-0.3, -0.25) is 8.42 Å². The van der Waals surface area contributed by atoms with Gasteiger partial charge in [0.15, 0.2) is 4.34 Å². The van der Waals surface area contributed by atoms with Crippen LogP contribution in [-0.4, -0.2) is 39.9 Å². The Morgan fingerprint density at radius 2 is 1.53 bits per heavy atom. The smallest absolute Gasteiger partial charge is 0.245 e. The molecule has 0 aliphatic carbocycles. The van der Waals surface area contributed by atoms with Crippen LogP contribution in [0.25, 0.3) is 65.0 Å². The van der Waals surface area contributed by atoms with Crippen LogP contribution in [0.15, 0.2) is 79.3 Å². The Bertz CT molecular complexity index is 2220. The van der Waals surface area contributed by atoms with Gasteiger partial charge in [0.1, 0.15) is 31.3 Å². The third-order valence-corrected chi connectivity index (χ3v) is 14.3. The van der Waals surface area contributed by atoms with E-state index in [9.17, 15) is 8.42 Å². The number of pyridine rings is 2. The van der Waals surface area contributed by atoms with Crippen molar-refractivity contribution in [3.05, 3.63) is 66.4 Å². The molecular weight excluding hydrogens is 687 g/mol. The zero-order valence-electron chi connectivity index (χ0n) is 25.7. The minimum absolute atomic E-state index is 0.404. The summed E-state index contributed by atoms with van der Waals surface area (Å²) >= 11 is 4.42. The van der Waals surface area contributed by atoms with Crippen molar-refractivity contribution in [2.45, 2.75) is 48.1 Å². The molecule has 7 rings (SSSR count). The number of oxazole rings is 1. The van der Waals surface area contributed by atoms with E-state index in [4.69, 9.17) is 25.1 Å². The molecule has 13 heteroatoms. The molecule has 0 aliphatic heterocycles. The number of thiazole rings is 1. The summed E-state index contributed by atoms with van der Waals surface area (Å²) in [4.78, 5) is 21.5. The summed E-state index contributed by atoms with van der Waals surface area (Å²) in [6.07, 6.45) is 6.79. The number of rotatable bonds is 12. The van der Waals surface area contributed by atoms with Crippen molar-refractivity contribution < 1.29 is 12.8 Å². The Morgan fingerprint density at radius 3 is 2.21 bits per heavy atom.